The number of rotatable bonds is 4. The number of carbonyl (C=O) groups is 1. The highest BCUT2D eigenvalue weighted by Crippen LogP contribution is 2.29. The molecular formula is C23H23F2N3O2. The van der Waals surface area contributed by atoms with Crippen LogP contribution in [0.1, 0.15) is 60.3 Å². The van der Waals surface area contributed by atoms with Crippen LogP contribution in [0.25, 0.3) is 11.4 Å². The number of nitrogens with zero attached hydrogens (tertiary/aromatic N) is 3. The molecule has 2 aromatic carbocycles. The highest BCUT2D eigenvalue weighted by atomic mass is 19.1. The van der Waals surface area contributed by atoms with Crippen molar-refractivity contribution < 1.29 is 18.1 Å². The molecule has 0 spiro atoms. The van der Waals surface area contributed by atoms with E-state index in [0.717, 1.165) is 24.1 Å². The van der Waals surface area contributed by atoms with E-state index in [2.05, 4.69) is 24.0 Å². The third-order valence-corrected chi connectivity index (χ3v) is 5.51. The second kappa shape index (κ2) is 8.34. The summed E-state index contributed by atoms with van der Waals surface area (Å²) in [6.07, 6.45) is 1.45. The maximum Gasteiger partial charge on any atom is 0.259 e. The van der Waals surface area contributed by atoms with Crippen LogP contribution in [0.15, 0.2) is 47.0 Å². The van der Waals surface area contributed by atoms with Crippen LogP contribution < -0.4 is 0 Å². The van der Waals surface area contributed by atoms with Crippen molar-refractivity contribution in [3.05, 3.63) is 71.1 Å². The zero-order valence-electron chi connectivity index (χ0n) is 16.9. The standard InChI is InChI=1S/C23H23F2N3O2/c1-14(2)15-8-10-16(11-9-15)21-26-22(30-27-21)17-5-4-12-28(13-17)23(29)20-18(24)6-3-7-19(20)25/h3,6-11,14,17H,4-5,12-13H2,1-2H3/t17-/m0/s1. The Morgan fingerprint density at radius 2 is 1.83 bits per heavy atom. The molecule has 0 unspecified atom stereocenters. The average Bonchev–Trinajstić information content (AvgIpc) is 3.24. The summed E-state index contributed by atoms with van der Waals surface area (Å²) in [5.74, 6) is -1.18. The van der Waals surface area contributed by atoms with Gasteiger partial charge in [-0.1, -0.05) is 49.3 Å². The Hall–Kier alpha value is -3.09. The molecule has 5 nitrogen and oxygen atoms in total. The Morgan fingerprint density at radius 1 is 1.13 bits per heavy atom. The third-order valence-electron chi connectivity index (χ3n) is 5.51. The van der Waals surface area contributed by atoms with Crippen molar-refractivity contribution >= 4 is 5.91 Å². The van der Waals surface area contributed by atoms with Gasteiger partial charge in [-0.05, 0) is 36.5 Å². The van der Waals surface area contributed by atoms with Gasteiger partial charge in [-0.3, -0.25) is 4.79 Å². The first-order valence-corrected chi connectivity index (χ1v) is 10.1. The molecule has 1 aliphatic rings. The van der Waals surface area contributed by atoms with Gasteiger partial charge >= 0.3 is 0 Å². The van der Waals surface area contributed by atoms with Crippen LogP contribution in [0.5, 0.6) is 0 Å². The molecule has 0 saturated carbocycles. The van der Waals surface area contributed by atoms with Gasteiger partial charge in [-0.2, -0.15) is 4.98 Å². The van der Waals surface area contributed by atoms with Crippen LogP contribution in [0.4, 0.5) is 8.78 Å². The quantitative estimate of drug-likeness (QED) is 0.595. The highest BCUT2D eigenvalue weighted by Gasteiger charge is 2.31. The highest BCUT2D eigenvalue weighted by molar-refractivity contribution is 5.94. The van der Waals surface area contributed by atoms with E-state index in [4.69, 9.17) is 4.52 Å². The fourth-order valence-electron chi connectivity index (χ4n) is 3.76. The van der Waals surface area contributed by atoms with E-state index >= 15 is 0 Å². The Balaban J connectivity index is 1.51. The van der Waals surface area contributed by atoms with Gasteiger partial charge in [-0.25, -0.2) is 8.78 Å². The minimum atomic E-state index is -0.855. The lowest BCUT2D eigenvalue weighted by Crippen LogP contribution is -2.40. The second-order valence-corrected chi connectivity index (χ2v) is 7.92. The van der Waals surface area contributed by atoms with Gasteiger partial charge in [0.05, 0.1) is 5.92 Å². The average molecular weight is 411 g/mol. The van der Waals surface area contributed by atoms with Crippen LogP contribution in [-0.2, 0) is 0 Å². The summed E-state index contributed by atoms with van der Waals surface area (Å²) in [6.45, 7) is 4.97. The Labute approximate surface area is 173 Å². The maximum absolute atomic E-state index is 14.0. The van der Waals surface area contributed by atoms with Crippen molar-refractivity contribution in [2.75, 3.05) is 13.1 Å². The van der Waals surface area contributed by atoms with E-state index in [1.807, 2.05) is 24.3 Å². The molecule has 1 aliphatic heterocycles. The fourth-order valence-corrected chi connectivity index (χ4v) is 3.76. The molecule has 1 atom stereocenters. The van der Waals surface area contributed by atoms with Crippen molar-refractivity contribution in [3.63, 3.8) is 0 Å². The molecule has 0 N–H and O–H groups in total. The van der Waals surface area contributed by atoms with Gasteiger partial charge in [0, 0.05) is 18.7 Å². The molecule has 156 valence electrons. The van der Waals surface area contributed by atoms with Gasteiger partial charge in [0.2, 0.25) is 11.7 Å². The van der Waals surface area contributed by atoms with E-state index in [-0.39, 0.29) is 12.5 Å². The van der Waals surface area contributed by atoms with Crippen molar-refractivity contribution in [3.8, 4) is 11.4 Å². The Bertz CT molecular complexity index is 1030. The third kappa shape index (κ3) is 3.97. The number of benzene rings is 2. The van der Waals surface area contributed by atoms with Crippen LogP contribution in [0.3, 0.4) is 0 Å². The van der Waals surface area contributed by atoms with Gasteiger partial charge in [0.1, 0.15) is 17.2 Å². The Morgan fingerprint density at radius 3 is 2.50 bits per heavy atom. The molecule has 2 heterocycles. The summed E-state index contributed by atoms with van der Waals surface area (Å²) in [6, 6.07) is 11.4. The van der Waals surface area contributed by atoms with Crippen molar-refractivity contribution in [1.82, 2.24) is 15.0 Å². The molecule has 0 aliphatic carbocycles. The van der Waals surface area contributed by atoms with E-state index in [1.54, 1.807) is 0 Å². The van der Waals surface area contributed by atoms with Crippen molar-refractivity contribution in [1.29, 1.82) is 0 Å². The number of carbonyl (C=O) groups excluding carboxylic acids is 1. The first-order valence-electron chi connectivity index (χ1n) is 10.1. The smallest absolute Gasteiger partial charge is 0.259 e. The van der Waals surface area contributed by atoms with E-state index in [9.17, 15) is 13.6 Å². The summed E-state index contributed by atoms with van der Waals surface area (Å²) in [4.78, 5) is 18.7. The van der Waals surface area contributed by atoms with Gasteiger partial charge in [0.25, 0.3) is 5.91 Å². The molecular weight excluding hydrogens is 388 g/mol. The number of halogens is 2. The lowest BCUT2D eigenvalue weighted by molar-refractivity contribution is 0.0686. The number of amides is 1. The molecule has 4 rings (SSSR count). The number of hydrogen-bond acceptors (Lipinski definition) is 4. The lowest BCUT2D eigenvalue weighted by Gasteiger charge is -2.31. The Kier molecular flexibility index (Phi) is 5.61. The molecule has 1 fully saturated rings. The van der Waals surface area contributed by atoms with E-state index in [1.165, 1.54) is 16.5 Å². The number of likely N-dealkylation sites (tertiary alicyclic amines) is 1. The summed E-state index contributed by atoms with van der Waals surface area (Å²) < 4.78 is 33.5. The molecule has 3 aromatic rings. The van der Waals surface area contributed by atoms with E-state index < -0.39 is 23.1 Å². The topological polar surface area (TPSA) is 59.2 Å². The van der Waals surface area contributed by atoms with Crippen molar-refractivity contribution in [2.45, 2.75) is 38.5 Å². The minimum Gasteiger partial charge on any atom is -0.339 e. The summed E-state index contributed by atoms with van der Waals surface area (Å²) in [5, 5.41) is 4.08. The van der Waals surface area contributed by atoms with Gasteiger partial charge < -0.3 is 9.42 Å². The van der Waals surface area contributed by atoms with Gasteiger partial charge in [-0.15, -0.1) is 0 Å². The summed E-state index contributed by atoms with van der Waals surface area (Å²) in [7, 11) is 0. The minimum absolute atomic E-state index is 0.172. The normalized spacial score (nSPS) is 16.8. The first-order chi connectivity index (χ1) is 14.4. The predicted molar refractivity (Wildman–Crippen MR) is 108 cm³/mol. The second-order valence-electron chi connectivity index (χ2n) is 7.92. The zero-order valence-corrected chi connectivity index (χ0v) is 16.9. The molecule has 0 radical (unpaired) electrons. The SMILES string of the molecule is CC(C)c1ccc(-c2noc([C@H]3CCCN(C(=O)c4c(F)cccc4F)C3)n2)cc1. The molecule has 7 heteroatoms. The molecule has 1 saturated heterocycles. The number of piperidine rings is 1. The van der Waals surface area contributed by atoms with Crippen molar-refractivity contribution in [2.24, 2.45) is 0 Å². The first kappa shape index (κ1) is 20.2. The van der Waals surface area contributed by atoms with Gasteiger partial charge in [0.15, 0.2) is 0 Å². The fraction of sp³-hybridized carbons (Fsp3) is 0.348. The molecule has 0 bridgehead atoms. The summed E-state index contributed by atoms with van der Waals surface area (Å²) in [5.41, 5.74) is 1.56. The van der Waals surface area contributed by atoms with Crippen LogP contribution >= 0.6 is 0 Å². The predicted octanol–water partition coefficient (Wildman–Crippen LogP) is 5.16. The molecule has 30 heavy (non-hydrogen) atoms. The summed E-state index contributed by atoms with van der Waals surface area (Å²) >= 11 is 0. The number of aromatic nitrogens is 2. The molecule has 1 amide bonds. The lowest BCUT2D eigenvalue weighted by atomic mass is 9.97. The zero-order chi connectivity index (χ0) is 21.3. The number of hydrogen-bond donors (Lipinski definition) is 0. The largest absolute Gasteiger partial charge is 0.339 e. The van der Waals surface area contributed by atoms with Crippen LogP contribution in [-0.4, -0.2) is 34.0 Å². The van der Waals surface area contributed by atoms with Crippen LogP contribution in [0.2, 0.25) is 0 Å². The maximum atomic E-state index is 14.0. The molecule has 1 aromatic heterocycles. The van der Waals surface area contributed by atoms with Crippen LogP contribution in [0, 0.1) is 11.6 Å². The monoisotopic (exact) mass is 411 g/mol. The van der Waals surface area contributed by atoms with E-state index in [0.29, 0.717) is 30.6 Å².